The van der Waals surface area contributed by atoms with E-state index in [1.165, 1.54) is 6.33 Å². The Hall–Kier alpha value is -2.18. The molecule has 0 unspecified atom stereocenters. The molecule has 2 aromatic heterocycles. The number of anilines is 1. The average Bonchev–Trinajstić information content (AvgIpc) is 2.61. The Morgan fingerprint density at radius 2 is 2.11 bits per heavy atom. The predicted molar refractivity (Wildman–Crippen MR) is 66.3 cm³/mol. The highest BCUT2D eigenvalue weighted by atomic mass is 16.6. The zero-order valence-corrected chi connectivity index (χ0v) is 10.7. The fourth-order valence-corrected chi connectivity index (χ4v) is 1.43. The molecular weight excluding hydrogens is 234 g/mol. The fraction of sp³-hybridized carbons (Fsp3) is 0.455. The van der Waals surface area contributed by atoms with Crippen LogP contribution in [0.1, 0.15) is 26.6 Å². The molecule has 18 heavy (non-hydrogen) atoms. The summed E-state index contributed by atoms with van der Waals surface area (Å²) in [5.41, 5.74) is 0.527. The van der Waals surface area contributed by atoms with Gasteiger partial charge in [-0.3, -0.25) is 5.32 Å². The van der Waals surface area contributed by atoms with Crippen molar-refractivity contribution in [3.63, 3.8) is 0 Å². The van der Waals surface area contributed by atoms with Crippen LogP contribution in [-0.2, 0) is 4.74 Å². The quantitative estimate of drug-likeness (QED) is 0.806. The van der Waals surface area contributed by atoms with E-state index in [1.807, 2.05) is 0 Å². The molecule has 7 heteroatoms. The van der Waals surface area contributed by atoms with E-state index in [9.17, 15) is 4.79 Å². The summed E-state index contributed by atoms with van der Waals surface area (Å²) >= 11 is 0. The van der Waals surface area contributed by atoms with Gasteiger partial charge >= 0.3 is 6.09 Å². The summed E-state index contributed by atoms with van der Waals surface area (Å²) in [7, 11) is 0. The topological polar surface area (TPSA) is 92.8 Å². The first-order valence-corrected chi connectivity index (χ1v) is 5.53. The number of amides is 1. The van der Waals surface area contributed by atoms with Crippen LogP contribution in [0.5, 0.6) is 0 Å². The fourth-order valence-electron chi connectivity index (χ4n) is 1.43. The van der Waals surface area contributed by atoms with E-state index in [1.54, 1.807) is 27.7 Å². The van der Waals surface area contributed by atoms with Gasteiger partial charge in [0.25, 0.3) is 0 Å². The zero-order chi connectivity index (χ0) is 13.3. The van der Waals surface area contributed by atoms with E-state index < -0.39 is 11.7 Å². The Balaban J connectivity index is 2.26. The van der Waals surface area contributed by atoms with Crippen LogP contribution in [0.4, 0.5) is 10.6 Å². The monoisotopic (exact) mass is 249 g/mol. The second-order valence-corrected chi connectivity index (χ2v) is 4.85. The molecule has 0 aliphatic carbocycles. The van der Waals surface area contributed by atoms with E-state index >= 15 is 0 Å². The molecule has 0 aliphatic rings. The lowest BCUT2D eigenvalue weighted by Crippen LogP contribution is -2.27. The van der Waals surface area contributed by atoms with Crippen molar-refractivity contribution >= 4 is 23.1 Å². The number of H-pyrrole nitrogens is 1. The van der Waals surface area contributed by atoms with Crippen molar-refractivity contribution in [2.75, 3.05) is 5.32 Å². The summed E-state index contributed by atoms with van der Waals surface area (Å²) in [6.07, 6.45) is 0.940. The highest BCUT2D eigenvalue weighted by Crippen LogP contribution is 2.17. The minimum absolute atomic E-state index is 0.365. The first-order valence-electron chi connectivity index (χ1n) is 5.53. The van der Waals surface area contributed by atoms with Crippen LogP contribution >= 0.6 is 0 Å². The third-order valence-corrected chi connectivity index (χ3v) is 2.02. The van der Waals surface area contributed by atoms with Crippen LogP contribution in [0.15, 0.2) is 6.33 Å². The Bertz CT molecular complexity index is 585. The average molecular weight is 249 g/mol. The highest BCUT2D eigenvalue weighted by Gasteiger charge is 2.18. The van der Waals surface area contributed by atoms with Crippen LogP contribution in [0.2, 0.25) is 0 Å². The van der Waals surface area contributed by atoms with Crippen molar-refractivity contribution in [1.29, 1.82) is 0 Å². The number of rotatable bonds is 1. The lowest BCUT2D eigenvalue weighted by Gasteiger charge is -2.19. The lowest BCUT2D eigenvalue weighted by atomic mass is 10.2. The van der Waals surface area contributed by atoms with Crippen molar-refractivity contribution in [2.24, 2.45) is 0 Å². The highest BCUT2D eigenvalue weighted by molar-refractivity contribution is 5.93. The summed E-state index contributed by atoms with van der Waals surface area (Å²) in [5.74, 6) is 0.893. The van der Waals surface area contributed by atoms with Gasteiger partial charge in [-0.25, -0.2) is 19.7 Å². The summed E-state index contributed by atoms with van der Waals surface area (Å²) in [5, 5.41) is 2.58. The van der Waals surface area contributed by atoms with Gasteiger partial charge in [0.05, 0.1) is 6.33 Å². The standard InChI is InChI=1S/C11H15N5O2/c1-6-14-8-7(12-5-13-8)9(15-6)16-10(17)18-11(2,3)4/h5H,1-4H3,(H2,12,13,14,15,16,17). The van der Waals surface area contributed by atoms with Gasteiger partial charge in [-0.15, -0.1) is 0 Å². The van der Waals surface area contributed by atoms with Gasteiger partial charge in [0.15, 0.2) is 11.5 Å². The van der Waals surface area contributed by atoms with Crippen molar-refractivity contribution in [3.8, 4) is 0 Å². The summed E-state index contributed by atoms with van der Waals surface area (Å²) in [4.78, 5) is 26.9. The summed E-state index contributed by atoms with van der Waals surface area (Å²) in [6, 6.07) is 0. The first-order chi connectivity index (χ1) is 8.35. The Morgan fingerprint density at radius 1 is 1.39 bits per heavy atom. The third-order valence-electron chi connectivity index (χ3n) is 2.02. The number of carbonyl (C=O) groups excluding carboxylic acids is 1. The number of imidazole rings is 1. The second-order valence-electron chi connectivity index (χ2n) is 4.85. The molecule has 7 nitrogen and oxygen atoms in total. The van der Waals surface area contributed by atoms with E-state index in [2.05, 4.69) is 25.3 Å². The van der Waals surface area contributed by atoms with Crippen molar-refractivity contribution in [2.45, 2.75) is 33.3 Å². The van der Waals surface area contributed by atoms with Crippen molar-refractivity contribution in [1.82, 2.24) is 19.9 Å². The van der Waals surface area contributed by atoms with E-state index in [0.29, 0.717) is 22.8 Å². The van der Waals surface area contributed by atoms with Crippen LogP contribution < -0.4 is 5.32 Å². The number of ether oxygens (including phenoxy) is 1. The Morgan fingerprint density at radius 3 is 2.78 bits per heavy atom. The maximum atomic E-state index is 11.7. The van der Waals surface area contributed by atoms with Crippen molar-refractivity contribution < 1.29 is 9.53 Å². The largest absolute Gasteiger partial charge is 0.444 e. The summed E-state index contributed by atoms with van der Waals surface area (Å²) in [6.45, 7) is 7.12. The molecule has 0 atom stereocenters. The molecule has 0 radical (unpaired) electrons. The second kappa shape index (κ2) is 4.25. The van der Waals surface area contributed by atoms with Crippen LogP contribution in [0.3, 0.4) is 0 Å². The lowest BCUT2D eigenvalue weighted by molar-refractivity contribution is 0.0635. The molecule has 2 aromatic rings. The molecule has 96 valence electrons. The van der Waals surface area contributed by atoms with Gasteiger partial charge < -0.3 is 9.72 Å². The van der Waals surface area contributed by atoms with Gasteiger partial charge in [-0.1, -0.05) is 0 Å². The van der Waals surface area contributed by atoms with Crippen molar-refractivity contribution in [3.05, 3.63) is 12.2 Å². The first kappa shape index (κ1) is 12.3. The van der Waals surface area contributed by atoms with Gasteiger partial charge in [-0.05, 0) is 27.7 Å². The molecule has 0 aliphatic heterocycles. The number of fused-ring (bicyclic) bond motifs is 1. The van der Waals surface area contributed by atoms with E-state index in [0.717, 1.165) is 0 Å². The third kappa shape index (κ3) is 2.73. The predicted octanol–water partition coefficient (Wildman–Crippen LogP) is 2.01. The van der Waals surface area contributed by atoms with Gasteiger partial charge in [0, 0.05) is 0 Å². The van der Waals surface area contributed by atoms with E-state index in [-0.39, 0.29) is 0 Å². The molecule has 1 amide bonds. The zero-order valence-electron chi connectivity index (χ0n) is 10.7. The number of aromatic nitrogens is 4. The van der Waals surface area contributed by atoms with E-state index in [4.69, 9.17) is 4.74 Å². The van der Waals surface area contributed by atoms with Gasteiger partial charge in [0.1, 0.15) is 16.9 Å². The molecular formula is C11H15N5O2. The minimum Gasteiger partial charge on any atom is -0.444 e. The molecule has 0 aromatic carbocycles. The number of hydrogen-bond donors (Lipinski definition) is 2. The van der Waals surface area contributed by atoms with Gasteiger partial charge in [0.2, 0.25) is 0 Å². The maximum absolute atomic E-state index is 11.7. The number of carbonyl (C=O) groups is 1. The Kier molecular flexibility index (Phi) is 2.90. The maximum Gasteiger partial charge on any atom is 0.413 e. The normalized spacial score (nSPS) is 11.6. The number of nitrogens with zero attached hydrogens (tertiary/aromatic N) is 3. The smallest absolute Gasteiger partial charge is 0.413 e. The molecule has 0 bridgehead atoms. The number of aromatic amines is 1. The molecule has 0 saturated heterocycles. The van der Waals surface area contributed by atoms with Crippen LogP contribution in [0.25, 0.3) is 11.2 Å². The molecule has 2 heterocycles. The molecule has 0 fully saturated rings. The van der Waals surface area contributed by atoms with Gasteiger partial charge in [-0.2, -0.15) is 0 Å². The Labute approximate surface area is 104 Å². The number of aryl methyl sites for hydroxylation is 1. The van der Waals surface area contributed by atoms with Crippen LogP contribution in [0, 0.1) is 6.92 Å². The SMILES string of the molecule is Cc1nc(NC(=O)OC(C)(C)C)c2[nH]cnc2n1. The molecule has 0 saturated carbocycles. The molecule has 2 rings (SSSR count). The minimum atomic E-state index is -0.559. The number of hydrogen-bond acceptors (Lipinski definition) is 5. The molecule has 0 spiro atoms. The molecule has 2 N–H and O–H groups in total. The summed E-state index contributed by atoms with van der Waals surface area (Å²) < 4.78 is 5.16. The van der Waals surface area contributed by atoms with Crippen LogP contribution in [-0.4, -0.2) is 31.6 Å². The number of nitrogens with one attached hydrogen (secondary N) is 2.